The van der Waals surface area contributed by atoms with E-state index in [9.17, 15) is 18.0 Å². The van der Waals surface area contributed by atoms with Gasteiger partial charge in [-0.25, -0.2) is 13.2 Å². The molecule has 134 valence electrons. The van der Waals surface area contributed by atoms with Gasteiger partial charge in [0.25, 0.3) is 5.91 Å². The van der Waals surface area contributed by atoms with Crippen LogP contribution in [0.2, 0.25) is 0 Å². The average molecular weight is 463 g/mol. The lowest BCUT2D eigenvalue weighted by Gasteiger charge is -2.15. The first-order valence-corrected chi connectivity index (χ1v) is 8.50. The molecule has 25 heavy (non-hydrogen) atoms. The molecule has 0 fully saturated rings. The second-order valence-corrected chi connectivity index (χ2v) is 6.84. The fourth-order valence-corrected chi connectivity index (χ4v) is 2.53. The Labute approximate surface area is 157 Å². The Bertz CT molecular complexity index is 784. The minimum atomic E-state index is -1.24. The summed E-state index contributed by atoms with van der Waals surface area (Å²) in [5.41, 5.74) is -0.551. The maximum Gasteiger partial charge on any atom is 0.253 e. The first kappa shape index (κ1) is 19.5. The highest BCUT2D eigenvalue weighted by molar-refractivity contribution is 14.1. The third-order valence-corrected chi connectivity index (χ3v) is 4.05. The van der Waals surface area contributed by atoms with Gasteiger partial charge in [0.15, 0.2) is 11.6 Å². The second kappa shape index (κ2) is 8.52. The van der Waals surface area contributed by atoms with Crippen molar-refractivity contribution >= 4 is 39.9 Å². The van der Waals surface area contributed by atoms with Gasteiger partial charge in [0.1, 0.15) is 5.82 Å². The number of hydrogen-bond donors (Lipinski definition) is 2. The SMILES string of the molecule is CN(C)CCNC(=O)c1ccc(F)c(F)c1Nc1ccc(I)cc1F. The van der Waals surface area contributed by atoms with Crippen LogP contribution in [0.25, 0.3) is 0 Å². The van der Waals surface area contributed by atoms with Gasteiger partial charge in [-0.2, -0.15) is 0 Å². The van der Waals surface area contributed by atoms with Crippen molar-refractivity contribution in [1.29, 1.82) is 0 Å². The Morgan fingerprint density at radius 1 is 1.12 bits per heavy atom. The number of amides is 1. The Balaban J connectivity index is 2.32. The summed E-state index contributed by atoms with van der Waals surface area (Å²) in [4.78, 5) is 14.2. The van der Waals surface area contributed by atoms with Gasteiger partial charge in [0.2, 0.25) is 0 Å². The second-order valence-electron chi connectivity index (χ2n) is 5.59. The number of nitrogens with one attached hydrogen (secondary N) is 2. The van der Waals surface area contributed by atoms with Crippen LogP contribution in [0, 0.1) is 21.0 Å². The van der Waals surface area contributed by atoms with Crippen LogP contribution in [-0.4, -0.2) is 38.0 Å². The molecule has 0 bridgehead atoms. The lowest BCUT2D eigenvalue weighted by atomic mass is 10.1. The molecule has 2 rings (SSSR count). The Morgan fingerprint density at radius 3 is 2.48 bits per heavy atom. The summed E-state index contributed by atoms with van der Waals surface area (Å²) in [5.74, 6) is -3.57. The highest BCUT2D eigenvalue weighted by Gasteiger charge is 2.20. The molecule has 0 saturated heterocycles. The molecule has 0 aliphatic rings. The quantitative estimate of drug-likeness (QED) is 0.642. The van der Waals surface area contributed by atoms with E-state index >= 15 is 0 Å². The first-order chi connectivity index (χ1) is 11.8. The van der Waals surface area contributed by atoms with Crippen LogP contribution in [0.3, 0.4) is 0 Å². The van der Waals surface area contributed by atoms with Crippen LogP contribution in [-0.2, 0) is 0 Å². The van der Waals surface area contributed by atoms with Crippen molar-refractivity contribution in [3.8, 4) is 0 Å². The van der Waals surface area contributed by atoms with Crippen LogP contribution in [0.15, 0.2) is 30.3 Å². The lowest BCUT2D eigenvalue weighted by Crippen LogP contribution is -2.31. The molecule has 0 heterocycles. The van der Waals surface area contributed by atoms with E-state index in [1.165, 1.54) is 12.1 Å². The zero-order chi connectivity index (χ0) is 18.6. The number of carbonyl (C=O) groups excluding carboxylic acids is 1. The number of likely N-dealkylation sites (N-methyl/N-ethyl adjacent to an activating group) is 1. The predicted octanol–water partition coefficient (Wildman–Crippen LogP) is 3.74. The monoisotopic (exact) mass is 463 g/mol. The summed E-state index contributed by atoms with van der Waals surface area (Å²) in [6.45, 7) is 0.923. The molecule has 8 heteroatoms. The van der Waals surface area contributed by atoms with Gasteiger partial charge in [-0.05, 0) is 67.0 Å². The zero-order valence-electron chi connectivity index (χ0n) is 13.7. The smallest absolute Gasteiger partial charge is 0.253 e. The van der Waals surface area contributed by atoms with Crippen molar-refractivity contribution in [3.63, 3.8) is 0 Å². The summed E-state index contributed by atoms with van der Waals surface area (Å²) in [6.07, 6.45) is 0. The number of anilines is 2. The molecule has 0 saturated carbocycles. The Hall–Kier alpha value is -1.81. The van der Waals surface area contributed by atoms with Gasteiger partial charge in [-0.3, -0.25) is 4.79 Å². The predicted molar refractivity (Wildman–Crippen MR) is 99.6 cm³/mol. The van der Waals surface area contributed by atoms with Crippen molar-refractivity contribution in [1.82, 2.24) is 10.2 Å². The molecule has 1 amide bonds. The van der Waals surface area contributed by atoms with Gasteiger partial charge >= 0.3 is 0 Å². The zero-order valence-corrected chi connectivity index (χ0v) is 15.8. The van der Waals surface area contributed by atoms with E-state index in [4.69, 9.17) is 0 Å². The van der Waals surface area contributed by atoms with Crippen LogP contribution in [0.1, 0.15) is 10.4 Å². The van der Waals surface area contributed by atoms with E-state index < -0.39 is 29.0 Å². The molecule has 4 nitrogen and oxygen atoms in total. The molecule has 0 aromatic heterocycles. The van der Waals surface area contributed by atoms with Crippen molar-refractivity contribution in [2.24, 2.45) is 0 Å². The maximum atomic E-state index is 14.2. The highest BCUT2D eigenvalue weighted by Crippen LogP contribution is 2.28. The number of carbonyl (C=O) groups is 1. The molecule has 2 aromatic carbocycles. The summed E-state index contributed by atoms with van der Waals surface area (Å²) < 4.78 is 42.5. The summed E-state index contributed by atoms with van der Waals surface area (Å²) in [6, 6.07) is 6.29. The van der Waals surface area contributed by atoms with Crippen molar-refractivity contribution in [2.75, 3.05) is 32.5 Å². The lowest BCUT2D eigenvalue weighted by molar-refractivity contribution is 0.0951. The molecular weight excluding hydrogens is 446 g/mol. The third kappa shape index (κ3) is 5.08. The maximum absolute atomic E-state index is 14.2. The topological polar surface area (TPSA) is 44.4 Å². The fourth-order valence-electron chi connectivity index (χ4n) is 2.08. The molecule has 0 aliphatic carbocycles. The Kier molecular flexibility index (Phi) is 6.65. The van der Waals surface area contributed by atoms with E-state index in [1.54, 1.807) is 6.07 Å². The van der Waals surface area contributed by atoms with Crippen LogP contribution >= 0.6 is 22.6 Å². The van der Waals surface area contributed by atoms with Gasteiger partial charge < -0.3 is 15.5 Å². The van der Waals surface area contributed by atoms with Crippen LogP contribution in [0.5, 0.6) is 0 Å². The fraction of sp³-hybridized carbons (Fsp3) is 0.235. The molecular formula is C17H17F3IN3O. The number of hydrogen-bond acceptors (Lipinski definition) is 3. The highest BCUT2D eigenvalue weighted by atomic mass is 127. The van der Waals surface area contributed by atoms with E-state index in [2.05, 4.69) is 10.6 Å². The number of rotatable bonds is 6. The van der Waals surface area contributed by atoms with E-state index in [0.29, 0.717) is 16.7 Å². The summed E-state index contributed by atoms with van der Waals surface area (Å²) in [5, 5.41) is 5.11. The van der Waals surface area contributed by atoms with Gasteiger partial charge in [0.05, 0.1) is 16.9 Å². The molecule has 2 aromatic rings. The largest absolute Gasteiger partial charge is 0.351 e. The third-order valence-electron chi connectivity index (χ3n) is 3.37. The molecule has 0 unspecified atom stereocenters. The van der Waals surface area contributed by atoms with Crippen LogP contribution in [0.4, 0.5) is 24.5 Å². The molecule has 0 aliphatic heterocycles. The average Bonchev–Trinajstić information content (AvgIpc) is 2.53. The normalized spacial score (nSPS) is 10.8. The molecule has 2 N–H and O–H groups in total. The van der Waals surface area contributed by atoms with E-state index in [0.717, 1.165) is 12.1 Å². The molecule has 0 spiro atoms. The summed E-state index contributed by atoms with van der Waals surface area (Å²) >= 11 is 1.93. The van der Waals surface area contributed by atoms with E-state index in [1.807, 2.05) is 41.6 Å². The van der Waals surface area contributed by atoms with Crippen molar-refractivity contribution < 1.29 is 18.0 Å². The van der Waals surface area contributed by atoms with E-state index in [-0.39, 0.29) is 11.3 Å². The summed E-state index contributed by atoms with van der Waals surface area (Å²) in [7, 11) is 3.69. The number of nitrogens with zero attached hydrogens (tertiary/aromatic N) is 1. The number of benzene rings is 2. The van der Waals surface area contributed by atoms with Gasteiger partial charge in [0, 0.05) is 16.7 Å². The van der Waals surface area contributed by atoms with Crippen molar-refractivity contribution in [2.45, 2.75) is 0 Å². The van der Waals surface area contributed by atoms with Gasteiger partial charge in [-0.15, -0.1) is 0 Å². The molecule has 0 atom stereocenters. The van der Waals surface area contributed by atoms with Crippen molar-refractivity contribution in [3.05, 3.63) is 56.9 Å². The minimum absolute atomic E-state index is 0.0488. The number of halogens is 4. The van der Waals surface area contributed by atoms with Crippen LogP contribution < -0.4 is 10.6 Å². The Morgan fingerprint density at radius 2 is 1.84 bits per heavy atom. The standard InChI is InChI=1S/C17H17F3IN3O/c1-24(2)8-7-22-17(25)11-4-5-12(18)15(20)16(11)23-14-6-3-10(21)9-13(14)19/h3-6,9,23H,7-8H2,1-2H3,(H,22,25). The first-order valence-electron chi connectivity index (χ1n) is 7.42. The van der Waals surface area contributed by atoms with Gasteiger partial charge in [-0.1, -0.05) is 0 Å². The minimum Gasteiger partial charge on any atom is -0.351 e. The molecule has 0 radical (unpaired) electrons.